The van der Waals surface area contributed by atoms with Crippen molar-refractivity contribution in [3.8, 4) is 0 Å². The first-order valence-corrected chi connectivity index (χ1v) is 8.64. The van der Waals surface area contributed by atoms with E-state index < -0.39 is 0 Å². The molecule has 0 bridgehead atoms. The molecule has 1 aromatic heterocycles. The minimum absolute atomic E-state index is 0.130. The Labute approximate surface area is 146 Å². The number of benzene rings is 1. The third-order valence-electron chi connectivity index (χ3n) is 5.22. The molecule has 0 saturated carbocycles. The van der Waals surface area contributed by atoms with E-state index in [4.69, 9.17) is 0 Å². The van der Waals surface area contributed by atoms with Gasteiger partial charge in [0.15, 0.2) is 0 Å². The van der Waals surface area contributed by atoms with Crippen LogP contribution >= 0.6 is 0 Å². The highest BCUT2D eigenvalue weighted by Crippen LogP contribution is 2.33. The van der Waals surface area contributed by atoms with Crippen LogP contribution in [0.1, 0.15) is 11.3 Å². The summed E-state index contributed by atoms with van der Waals surface area (Å²) in [4.78, 5) is 25.3. The lowest BCUT2D eigenvalue weighted by Crippen LogP contribution is -2.34. The van der Waals surface area contributed by atoms with Crippen LogP contribution in [0.5, 0.6) is 0 Å². The number of fused-ring (bicyclic) bond motifs is 1. The van der Waals surface area contributed by atoms with Crippen molar-refractivity contribution >= 4 is 11.7 Å². The second-order valence-corrected chi connectivity index (χ2v) is 7.04. The van der Waals surface area contributed by atoms with E-state index in [9.17, 15) is 9.18 Å². The normalized spacial score (nSPS) is 22.3. The fraction of sp³-hybridized carbons (Fsp3) is 0.421. The van der Waals surface area contributed by atoms with Gasteiger partial charge in [-0.05, 0) is 24.6 Å². The van der Waals surface area contributed by atoms with Crippen LogP contribution in [0.3, 0.4) is 0 Å². The SMILES string of the molecule is Cc1cc(N2CC3CN(C(=O)Cc4ccc(F)cc4)CC3C2)ncn1. The van der Waals surface area contributed by atoms with Gasteiger partial charge in [-0.25, -0.2) is 14.4 Å². The maximum atomic E-state index is 13.0. The van der Waals surface area contributed by atoms with Crippen molar-refractivity contribution in [2.45, 2.75) is 13.3 Å². The Morgan fingerprint density at radius 1 is 1.12 bits per heavy atom. The number of likely N-dealkylation sites (tertiary alicyclic amines) is 1. The fourth-order valence-electron chi connectivity index (χ4n) is 3.89. The lowest BCUT2D eigenvalue weighted by atomic mass is 10.0. The molecule has 2 aliphatic rings. The molecule has 3 heterocycles. The largest absolute Gasteiger partial charge is 0.356 e. The van der Waals surface area contributed by atoms with Gasteiger partial charge in [0.05, 0.1) is 6.42 Å². The van der Waals surface area contributed by atoms with Gasteiger partial charge in [-0.2, -0.15) is 0 Å². The van der Waals surface area contributed by atoms with Crippen LogP contribution in [0.25, 0.3) is 0 Å². The summed E-state index contributed by atoms with van der Waals surface area (Å²) in [5.41, 5.74) is 1.83. The van der Waals surface area contributed by atoms with Gasteiger partial charge in [-0.15, -0.1) is 0 Å². The standard InChI is InChI=1S/C19H21FN4O/c1-13-6-18(22-12-21-13)23-8-15-10-24(11-16(15)9-23)19(25)7-14-2-4-17(20)5-3-14/h2-6,12,15-16H,7-11H2,1H3. The zero-order valence-electron chi connectivity index (χ0n) is 14.2. The van der Waals surface area contributed by atoms with E-state index >= 15 is 0 Å². The van der Waals surface area contributed by atoms with E-state index in [1.807, 2.05) is 17.9 Å². The maximum Gasteiger partial charge on any atom is 0.227 e. The summed E-state index contributed by atoms with van der Waals surface area (Å²) in [5.74, 6) is 1.82. The van der Waals surface area contributed by atoms with Gasteiger partial charge in [0.1, 0.15) is 18.0 Å². The first kappa shape index (κ1) is 16.0. The predicted octanol–water partition coefficient (Wildman–Crippen LogP) is 2.06. The Kier molecular flexibility index (Phi) is 4.11. The molecule has 1 aromatic carbocycles. The van der Waals surface area contributed by atoms with Gasteiger partial charge >= 0.3 is 0 Å². The monoisotopic (exact) mass is 340 g/mol. The van der Waals surface area contributed by atoms with E-state index in [-0.39, 0.29) is 11.7 Å². The van der Waals surface area contributed by atoms with Gasteiger partial charge in [-0.1, -0.05) is 12.1 Å². The third kappa shape index (κ3) is 3.34. The first-order valence-electron chi connectivity index (χ1n) is 8.64. The molecule has 2 atom stereocenters. The number of aryl methyl sites for hydroxylation is 1. The Bertz CT molecular complexity index is 765. The van der Waals surface area contributed by atoms with Crippen LogP contribution in [0.15, 0.2) is 36.7 Å². The van der Waals surface area contributed by atoms with Crippen molar-refractivity contribution in [2.24, 2.45) is 11.8 Å². The molecule has 2 fully saturated rings. The summed E-state index contributed by atoms with van der Waals surface area (Å²) < 4.78 is 13.0. The van der Waals surface area contributed by atoms with Gasteiger partial charge in [0, 0.05) is 49.8 Å². The number of nitrogens with zero attached hydrogens (tertiary/aromatic N) is 4. The first-order chi connectivity index (χ1) is 12.1. The lowest BCUT2D eigenvalue weighted by Gasteiger charge is -2.22. The van der Waals surface area contributed by atoms with E-state index in [1.165, 1.54) is 12.1 Å². The second kappa shape index (κ2) is 6.43. The predicted molar refractivity (Wildman–Crippen MR) is 92.6 cm³/mol. The molecule has 2 aromatic rings. The number of carbonyl (C=O) groups is 1. The molecule has 0 radical (unpaired) electrons. The summed E-state index contributed by atoms with van der Waals surface area (Å²) in [5, 5.41) is 0. The summed E-state index contributed by atoms with van der Waals surface area (Å²) in [6.07, 6.45) is 1.95. The quantitative estimate of drug-likeness (QED) is 0.858. The number of rotatable bonds is 3. The van der Waals surface area contributed by atoms with Crippen molar-refractivity contribution in [3.63, 3.8) is 0 Å². The highest BCUT2D eigenvalue weighted by molar-refractivity contribution is 5.79. The molecule has 0 spiro atoms. The topological polar surface area (TPSA) is 49.3 Å². The van der Waals surface area contributed by atoms with Crippen molar-refractivity contribution < 1.29 is 9.18 Å². The summed E-state index contributed by atoms with van der Waals surface area (Å²) in [6.45, 7) is 5.43. The molecule has 2 saturated heterocycles. The van der Waals surface area contributed by atoms with Crippen LogP contribution in [0, 0.1) is 24.6 Å². The minimum Gasteiger partial charge on any atom is -0.356 e. The van der Waals surface area contributed by atoms with Crippen molar-refractivity contribution in [3.05, 3.63) is 53.7 Å². The molecule has 0 aliphatic carbocycles. The molecule has 2 unspecified atom stereocenters. The molecule has 25 heavy (non-hydrogen) atoms. The van der Waals surface area contributed by atoms with Crippen LogP contribution < -0.4 is 4.90 Å². The van der Waals surface area contributed by atoms with E-state index in [0.717, 1.165) is 43.3 Å². The summed E-state index contributed by atoms with van der Waals surface area (Å²) >= 11 is 0. The van der Waals surface area contributed by atoms with Crippen molar-refractivity contribution in [2.75, 3.05) is 31.1 Å². The molecule has 1 amide bonds. The molecule has 6 heteroatoms. The second-order valence-electron chi connectivity index (χ2n) is 7.04. The number of hydrogen-bond acceptors (Lipinski definition) is 4. The smallest absolute Gasteiger partial charge is 0.227 e. The Morgan fingerprint density at radius 2 is 1.80 bits per heavy atom. The van der Waals surface area contributed by atoms with Crippen molar-refractivity contribution in [1.82, 2.24) is 14.9 Å². The zero-order chi connectivity index (χ0) is 17.4. The van der Waals surface area contributed by atoms with Crippen LogP contribution in [0.2, 0.25) is 0 Å². The highest BCUT2D eigenvalue weighted by Gasteiger charge is 2.41. The summed E-state index contributed by atoms with van der Waals surface area (Å²) in [7, 11) is 0. The molecule has 2 aliphatic heterocycles. The average molecular weight is 340 g/mol. The number of amides is 1. The van der Waals surface area contributed by atoms with E-state index in [2.05, 4.69) is 14.9 Å². The number of aromatic nitrogens is 2. The number of carbonyl (C=O) groups excluding carboxylic acids is 1. The number of halogens is 1. The Morgan fingerprint density at radius 3 is 2.44 bits per heavy atom. The van der Waals surface area contributed by atoms with Crippen LogP contribution in [0.4, 0.5) is 10.2 Å². The molecule has 5 nitrogen and oxygen atoms in total. The average Bonchev–Trinajstić information content (AvgIpc) is 3.16. The number of anilines is 1. The molecular weight excluding hydrogens is 319 g/mol. The van der Waals surface area contributed by atoms with Gasteiger partial charge in [0.2, 0.25) is 5.91 Å². The molecule has 130 valence electrons. The molecule has 4 rings (SSSR count). The lowest BCUT2D eigenvalue weighted by molar-refractivity contribution is -0.129. The molecular formula is C19H21FN4O. The van der Waals surface area contributed by atoms with Gasteiger partial charge < -0.3 is 9.80 Å². The molecule has 0 N–H and O–H groups in total. The minimum atomic E-state index is -0.271. The van der Waals surface area contributed by atoms with Crippen LogP contribution in [-0.2, 0) is 11.2 Å². The van der Waals surface area contributed by atoms with Gasteiger partial charge in [-0.3, -0.25) is 4.79 Å². The van der Waals surface area contributed by atoms with E-state index in [1.54, 1.807) is 18.5 Å². The summed E-state index contributed by atoms with van der Waals surface area (Å²) in [6, 6.07) is 8.19. The third-order valence-corrected chi connectivity index (χ3v) is 5.22. The Balaban J connectivity index is 1.36. The van der Waals surface area contributed by atoms with Crippen LogP contribution in [-0.4, -0.2) is 47.0 Å². The van der Waals surface area contributed by atoms with Gasteiger partial charge in [0.25, 0.3) is 0 Å². The zero-order valence-corrected chi connectivity index (χ0v) is 14.2. The van der Waals surface area contributed by atoms with Crippen molar-refractivity contribution in [1.29, 1.82) is 0 Å². The fourth-order valence-corrected chi connectivity index (χ4v) is 3.89. The number of hydrogen-bond donors (Lipinski definition) is 0. The highest BCUT2D eigenvalue weighted by atomic mass is 19.1. The maximum absolute atomic E-state index is 13.0. The Hall–Kier alpha value is -2.50. The van der Waals surface area contributed by atoms with E-state index in [0.29, 0.717) is 18.3 Å².